The Morgan fingerprint density at radius 1 is 1.33 bits per heavy atom. The minimum atomic E-state index is 0. The van der Waals surface area contributed by atoms with Crippen molar-refractivity contribution in [2.24, 2.45) is 0 Å². The van der Waals surface area contributed by atoms with Gasteiger partial charge in [0.05, 0.1) is 5.50 Å². The third-order valence-electron chi connectivity index (χ3n) is 1.32. The maximum Gasteiger partial charge on any atom is 0.0821 e. The Balaban J connectivity index is 0. The van der Waals surface area contributed by atoms with Crippen LogP contribution in [0.2, 0.25) is 0 Å². The Morgan fingerprint density at radius 3 is 1.67 bits per heavy atom. The Kier molecular flexibility index (Phi) is 9.05. The number of alkyl halides is 1. The van der Waals surface area contributed by atoms with Crippen LogP contribution in [0.25, 0.3) is 0 Å². The van der Waals surface area contributed by atoms with Crippen molar-refractivity contribution in [3.8, 4) is 0 Å². The molecule has 3 heteroatoms. The van der Waals surface area contributed by atoms with Crippen molar-refractivity contribution in [1.29, 1.82) is 0 Å². The fourth-order valence-electron chi connectivity index (χ4n) is 0.727. The van der Waals surface area contributed by atoms with Crippen LogP contribution >= 0.6 is 11.6 Å². The average Bonchev–Trinajstić information content (AvgIpc) is 1.69. The van der Waals surface area contributed by atoms with Gasteiger partial charge in [0.2, 0.25) is 0 Å². The largest absolute Gasteiger partial charge is 1.00 e. The Morgan fingerprint density at radius 2 is 1.67 bits per heavy atom. The van der Waals surface area contributed by atoms with Gasteiger partial charge in [-0.15, -0.1) is 11.6 Å². The molecule has 0 spiro atoms. The molecule has 0 saturated carbocycles. The molecule has 0 bridgehead atoms. The first-order chi connectivity index (χ1) is 3.72. The number of halogens is 2. The van der Waals surface area contributed by atoms with Crippen LogP contribution in [0.3, 0.4) is 0 Å². The lowest BCUT2D eigenvalue weighted by Crippen LogP contribution is -3.00. The Labute approximate surface area is 68.8 Å². The molecule has 0 heterocycles. The predicted octanol–water partition coefficient (Wildman–Crippen LogP) is -1.08. The van der Waals surface area contributed by atoms with Gasteiger partial charge in [0.15, 0.2) is 0 Å². The predicted molar refractivity (Wildman–Crippen MR) is 38.2 cm³/mol. The van der Waals surface area contributed by atoms with E-state index in [2.05, 4.69) is 18.7 Å². The Hall–Kier alpha value is 0.540. The molecule has 0 radical (unpaired) electrons. The van der Waals surface area contributed by atoms with Crippen molar-refractivity contribution in [3.05, 3.63) is 0 Å². The van der Waals surface area contributed by atoms with Crippen LogP contribution in [-0.4, -0.2) is 23.5 Å². The van der Waals surface area contributed by atoms with Gasteiger partial charge in [-0.1, -0.05) is 13.8 Å². The smallest absolute Gasteiger partial charge is 0.0821 e. The third kappa shape index (κ3) is 5.01. The molecule has 1 unspecified atom stereocenters. The summed E-state index contributed by atoms with van der Waals surface area (Å²) in [5, 5.41) is 0. The maximum atomic E-state index is 5.77. The van der Waals surface area contributed by atoms with Gasteiger partial charge >= 0.3 is 0 Å². The summed E-state index contributed by atoms with van der Waals surface area (Å²) in [5.41, 5.74) is 0.185. The lowest BCUT2D eigenvalue weighted by molar-refractivity contribution is -0.00000192. The van der Waals surface area contributed by atoms with E-state index in [0.29, 0.717) is 0 Å². The molecule has 0 aliphatic carbocycles. The minimum Gasteiger partial charge on any atom is -1.00 e. The SMILES string of the molecule is CCN(CC)C(C)Cl.[Cl-]. The molecule has 1 nitrogen and oxygen atoms in total. The van der Waals surface area contributed by atoms with Crippen LogP contribution in [0.15, 0.2) is 0 Å². The first kappa shape index (κ1) is 12.2. The van der Waals surface area contributed by atoms with E-state index in [4.69, 9.17) is 11.6 Å². The maximum absolute atomic E-state index is 5.77. The van der Waals surface area contributed by atoms with Crippen molar-refractivity contribution in [2.45, 2.75) is 26.3 Å². The zero-order chi connectivity index (χ0) is 6.57. The summed E-state index contributed by atoms with van der Waals surface area (Å²) in [6, 6.07) is 0. The van der Waals surface area contributed by atoms with Crippen LogP contribution in [0.1, 0.15) is 20.8 Å². The van der Waals surface area contributed by atoms with Crippen LogP contribution in [0, 0.1) is 0 Å². The van der Waals surface area contributed by atoms with Crippen molar-refractivity contribution >= 4 is 11.6 Å². The van der Waals surface area contributed by atoms with E-state index >= 15 is 0 Å². The van der Waals surface area contributed by atoms with Crippen LogP contribution < -0.4 is 12.4 Å². The van der Waals surface area contributed by atoms with Gasteiger partial charge in [-0.3, -0.25) is 4.90 Å². The molecular formula is C6H14Cl2N-. The van der Waals surface area contributed by atoms with E-state index in [1.165, 1.54) is 0 Å². The number of nitrogens with zero attached hydrogens (tertiary/aromatic N) is 1. The summed E-state index contributed by atoms with van der Waals surface area (Å²) in [5.74, 6) is 0. The monoisotopic (exact) mass is 170 g/mol. The molecule has 0 aliphatic rings. The quantitative estimate of drug-likeness (QED) is 0.385. The molecule has 0 N–H and O–H groups in total. The van der Waals surface area contributed by atoms with Gasteiger partial charge in [-0.05, 0) is 20.0 Å². The third-order valence-corrected chi connectivity index (χ3v) is 1.59. The summed E-state index contributed by atoms with van der Waals surface area (Å²) in [6.07, 6.45) is 0. The molecule has 0 rings (SSSR count). The summed E-state index contributed by atoms with van der Waals surface area (Å²) in [4.78, 5) is 2.18. The summed E-state index contributed by atoms with van der Waals surface area (Å²) < 4.78 is 0. The van der Waals surface area contributed by atoms with Gasteiger partial charge in [0.1, 0.15) is 0 Å². The molecule has 0 aromatic carbocycles. The highest BCUT2D eigenvalue weighted by Crippen LogP contribution is 2.00. The van der Waals surface area contributed by atoms with Crippen molar-refractivity contribution in [3.63, 3.8) is 0 Å². The van der Waals surface area contributed by atoms with E-state index in [9.17, 15) is 0 Å². The lowest BCUT2D eigenvalue weighted by Gasteiger charge is -2.19. The van der Waals surface area contributed by atoms with Gasteiger partial charge in [-0.25, -0.2) is 0 Å². The topological polar surface area (TPSA) is 3.24 Å². The Bertz CT molecular complexity index is 53.0. The van der Waals surface area contributed by atoms with E-state index in [1.807, 2.05) is 6.92 Å². The molecule has 1 atom stereocenters. The highest BCUT2D eigenvalue weighted by atomic mass is 35.5. The molecular weight excluding hydrogens is 157 g/mol. The van der Waals surface area contributed by atoms with Crippen LogP contribution in [-0.2, 0) is 0 Å². The zero-order valence-electron chi connectivity index (χ0n) is 6.19. The van der Waals surface area contributed by atoms with Gasteiger partial charge in [0, 0.05) is 0 Å². The summed E-state index contributed by atoms with van der Waals surface area (Å²) in [6.45, 7) is 8.31. The molecule has 0 amide bonds. The molecule has 0 saturated heterocycles. The summed E-state index contributed by atoms with van der Waals surface area (Å²) in [7, 11) is 0. The molecule has 0 aliphatic heterocycles. The van der Waals surface area contributed by atoms with E-state index in [0.717, 1.165) is 13.1 Å². The zero-order valence-corrected chi connectivity index (χ0v) is 7.71. The molecule has 9 heavy (non-hydrogen) atoms. The second-order valence-corrected chi connectivity index (χ2v) is 2.43. The van der Waals surface area contributed by atoms with Gasteiger partial charge < -0.3 is 12.4 Å². The van der Waals surface area contributed by atoms with E-state index < -0.39 is 0 Å². The second-order valence-electron chi connectivity index (χ2n) is 1.80. The number of rotatable bonds is 3. The van der Waals surface area contributed by atoms with Crippen LogP contribution in [0.4, 0.5) is 0 Å². The van der Waals surface area contributed by atoms with Crippen molar-refractivity contribution in [1.82, 2.24) is 4.90 Å². The molecule has 58 valence electrons. The van der Waals surface area contributed by atoms with Crippen molar-refractivity contribution in [2.75, 3.05) is 13.1 Å². The average molecular weight is 171 g/mol. The normalized spacial score (nSPS) is 13.0. The lowest BCUT2D eigenvalue weighted by atomic mass is 10.5. The van der Waals surface area contributed by atoms with E-state index in [-0.39, 0.29) is 17.9 Å². The van der Waals surface area contributed by atoms with Crippen LogP contribution in [0.5, 0.6) is 0 Å². The van der Waals surface area contributed by atoms with E-state index in [1.54, 1.807) is 0 Å². The first-order valence-corrected chi connectivity index (χ1v) is 3.54. The fraction of sp³-hybridized carbons (Fsp3) is 1.00. The molecule has 0 aromatic rings. The highest BCUT2D eigenvalue weighted by Gasteiger charge is 2.03. The second kappa shape index (κ2) is 6.66. The van der Waals surface area contributed by atoms with Crippen molar-refractivity contribution < 1.29 is 12.4 Å². The van der Waals surface area contributed by atoms with Gasteiger partial charge in [-0.2, -0.15) is 0 Å². The molecule has 0 fully saturated rings. The molecule has 0 aromatic heterocycles. The number of hydrogen-bond acceptors (Lipinski definition) is 1. The standard InChI is InChI=1S/C6H14ClN.ClH/c1-4-8(5-2)6(3)7;/h6H,4-5H2,1-3H3;1H/p-1. The fourth-order valence-corrected chi connectivity index (χ4v) is 1.00. The number of hydrogen-bond donors (Lipinski definition) is 0. The minimum absolute atomic E-state index is 0. The first-order valence-electron chi connectivity index (χ1n) is 3.10. The highest BCUT2D eigenvalue weighted by molar-refractivity contribution is 6.20. The van der Waals surface area contributed by atoms with Gasteiger partial charge in [0.25, 0.3) is 0 Å². The summed E-state index contributed by atoms with van der Waals surface area (Å²) >= 11 is 5.77.